The van der Waals surface area contributed by atoms with Crippen molar-refractivity contribution >= 4 is 0 Å². The number of nitrogens with zero attached hydrogens (tertiary/aromatic N) is 2. The Labute approximate surface area is 101 Å². The maximum Gasteiger partial charge on any atom is 0.0645 e. The van der Waals surface area contributed by atoms with Gasteiger partial charge < -0.3 is 10.4 Å². The zero-order chi connectivity index (χ0) is 12.1. The Bertz CT molecular complexity index is 453. The number of para-hydroxylation sites is 1. The van der Waals surface area contributed by atoms with Crippen molar-refractivity contribution in [1.29, 1.82) is 0 Å². The maximum atomic E-state index is 8.99. The highest BCUT2D eigenvalue weighted by Crippen LogP contribution is 2.16. The second-order valence-electron chi connectivity index (χ2n) is 3.91. The summed E-state index contributed by atoms with van der Waals surface area (Å²) in [5, 5.41) is 16.5. The van der Waals surface area contributed by atoms with E-state index in [1.165, 1.54) is 0 Å². The van der Waals surface area contributed by atoms with E-state index in [0.717, 1.165) is 11.3 Å². The standard InChI is InChI=1S/C13H17N3O/c1-14-13(7-8-17)11-9-15-16(10-11)12-5-3-2-4-6-12/h2-6,9-10,13-14,17H,7-8H2,1H3. The molecule has 90 valence electrons. The van der Waals surface area contributed by atoms with Crippen molar-refractivity contribution < 1.29 is 5.11 Å². The van der Waals surface area contributed by atoms with Crippen LogP contribution in [0.4, 0.5) is 0 Å². The summed E-state index contributed by atoms with van der Waals surface area (Å²) in [4.78, 5) is 0. The van der Waals surface area contributed by atoms with Crippen LogP contribution in [0.25, 0.3) is 5.69 Å². The third-order valence-electron chi connectivity index (χ3n) is 2.79. The quantitative estimate of drug-likeness (QED) is 0.820. The lowest BCUT2D eigenvalue weighted by molar-refractivity contribution is 0.269. The van der Waals surface area contributed by atoms with Gasteiger partial charge in [-0.25, -0.2) is 4.68 Å². The van der Waals surface area contributed by atoms with E-state index < -0.39 is 0 Å². The maximum absolute atomic E-state index is 8.99. The van der Waals surface area contributed by atoms with E-state index in [-0.39, 0.29) is 12.6 Å². The lowest BCUT2D eigenvalue weighted by Gasteiger charge is -2.11. The molecule has 4 nitrogen and oxygen atoms in total. The molecule has 1 atom stereocenters. The minimum atomic E-state index is 0.150. The number of aromatic nitrogens is 2. The summed E-state index contributed by atoms with van der Waals surface area (Å²) in [7, 11) is 1.89. The molecule has 0 spiro atoms. The molecule has 4 heteroatoms. The minimum Gasteiger partial charge on any atom is -0.396 e. The molecule has 1 aromatic heterocycles. The Morgan fingerprint density at radius 1 is 1.35 bits per heavy atom. The molecule has 0 saturated heterocycles. The third kappa shape index (κ3) is 2.72. The van der Waals surface area contributed by atoms with Crippen LogP contribution in [0, 0.1) is 0 Å². The van der Waals surface area contributed by atoms with Crippen molar-refractivity contribution in [3.8, 4) is 5.69 Å². The first-order valence-electron chi connectivity index (χ1n) is 5.73. The summed E-state index contributed by atoms with van der Waals surface area (Å²) >= 11 is 0. The van der Waals surface area contributed by atoms with E-state index >= 15 is 0 Å². The van der Waals surface area contributed by atoms with Gasteiger partial charge in [0, 0.05) is 24.4 Å². The summed E-state index contributed by atoms with van der Waals surface area (Å²) in [6.07, 6.45) is 4.52. The van der Waals surface area contributed by atoms with E-state index in [2.05, 4.69) is 10.4 Å². The Morgan fingerprint density at radius 3 is 2.76 bits per heavy atom. The van der Waals surface area contributed by atoms with Gasteiger partial charge in [-0.1, -0.05) is 18.2 Å². The monoisotopic (exact) mass is 231 g/mol. The van der Waals surface area contributed by atoms with Gasteiger partial charge in [0.05, 0.1) is 11.9 Å². The average Bonchev–Trinajstić information content (AvgIpc) is 2.86. The largest absolute Gasteiger partial charge is 0.396 e. The normalized spacial score (nSPS) is 12.6. The van der Waals surface area contributed by atoms with E-state index in [0.29, 0.717) is 6.42 Å². The number of benzene rings is 1. The smallest absolute Gasteiger partial charge is 0.0645 e. The molecule has 0 amide bonds. The summed E-state index contributed by atoms with van der Waals surface area (Å²) in [6.45, 7) is 0.169. The molecule has 0 bridgehead atoms. The van der Waals surface area contributed by atoms with Crippen LogP contribution < -0.4 is 5.32 Å². The Morgan fingerprint density at radius 2 is 2.12 bits per heavy atom. The van der Waals surface area contributed by atoms with Crippen molar-refractivity contribution in [1.82, 2.24) is 15.1 Å². The Kier molecular flexibility index (Phi) is 3.90. The molecule has 1 heterocycles. The van der Waals surface area contributed by atoms with Gasteiger partial charge in [0.15, 0.2) is 0 Å². The van der Waals surface area contributed by atoms with Crippen LogP contribution in [-0.4, -0.2) is 28.5 Å². The summed E-state index contributed by atoms with van der Waals surface area (Å²) in [5.74, 6) is 0. The fraction of sp³-hybridized carbons (Fsp3) is 0.308. The van der Waals surface area contributed by atoms with Crippen molar-refractivity contribution in [2.75, 3.05) is 13.7 Å². The predicted molar refractivity (Wildman–Crippen MR) is 67.1 cm³/mol. The Balaban J connectivity index is 2.21. The topological polar surface area (TPSA) is 50.1 Å². The molecule has 0 aliphatic carbocycles. The van der Waals surface area contributed by atoms with Crippen LogP contribution in [0.2, 0.25) is 0 Å². The van der Waals surface area contributed by atoms with Crippen LogP contribution in [0.15, 0.2) is 42.7 Å². The molecule has 0 saturated carbocycles. The molecule has 1 aromatic carbocycles. The molecule has 0 radical (unpaired) electrons. The highest BCUT2D eigenvalue weighted by Gasteiger charge is 2.11. The van der Waals surface area contributed by atoms with E-state index in [1.54, 1.807) is 0 Å². The van der Waals surface area contributed by atoms with Crippen molar-refractivity contribution in [3.05, 3.63) is 48.3 Å². The van der Waals surface area contributed by atoms with Crippen LogP contribution in [0.1, 0.15) is 18.0 Å². The SMILES string of the molecule is CNC(CCO)c1cnn(-c2ccccc2)c1. The van der Waals surface area contributed by atoms with Crippen molar-refractivity contribution in [2.24, 2.45) is 0 Å². The molecule has 2 aromatic rings. The second-order valence-corrected chi connectivity index (χ2v) is 3.91. The third-order valence-corrected chi connectivity index (χ3v) is 2.79. The summed E-state index contributed by atoms with van der Waals surface area (Å²) in [6, 6.07) is 10.1. The number of aliphatic hydroxyl groups is 1. The highest BCUT2D eigenvalue weighted by molar-refractivity contribution is 5.31. The molecular formula is C13H17N3O. The van der Waals surface area contributed by atoms with Crippen LogP contribution in [0.5, 0.6) is 0 Å². The van der Waals surface area contributed by atoms with Gasteiger partial charge in [0.25, 0.3) is 0 Å². The van der Waals surface area contributed by atoms with Gasteiger partial charge in [0.2, 0.25) is 0 Å². The van der Waals surface area contributed by atoms with Crippen LogP contribution >= 0.6 is 0 Å². The highest BCUT2D eigenvalue weighted by atomic mass is 16.3. The van der Waals surface area contributed by atoms with E-state index in [9.17, 15) is 0 Å². The number of hydrogen-bond donors (Lipinski definition) is 2. The average molecular weight is 231 g/mol. The molecule has 0 aliphatic heterocycles. The number of aliphatic hydroxyl groups excluding tert-OH is 1. The van der Waals surface area contributed by atoms with Crippen LogP contribution in [0.3, 0.4) is 0 Å². The van der Waals surface area contributed by atoms with Gasteiger partial charge in [-0.3, -0.25) is 0 Å². The lowest BCUT2D eigenvalue weighted by Crippen LogP contribution is -2.17. The van der Waals surface area contributed by atoms with Crippen molar-refractivity contribution in [2.45, 2.75) is 12.5 Å². The fourth-order valence-electron chi connectivity index (χ4n) is 1.85. The van der Waals surface area contributed by atoms with Gasteiger partial charge in [0.1, 0.15) is 0 Å². The van der Waals surface area contributed by atoms with Gasteiger partial charge in [-0.15, -0.1) is 0 Å². The molecule has 2 rings (SSSR count). The van der Waals surface area contributed by atoms with Gasteiger partial charge in [-0.2, -0.15) is 5.10 Å². The molecular weight excluding hydrogens is 214 g/mol. The Hall–Kier alpha value is -1.65. The zero-order valence-electron chi connectivity index (χ0n) is 9.87. The molecule has 17 heavy (non-hydrogen) atoms. The van der Waals surface area contributed by atoms with E-state index in [4.69, 9.17) is 5.11 Å². The molecule has 0 fully saturated rings. The lowest BCUT2D eigenvalue weighted by atomic mass is 10.1. The zero-order valence-corrected chi connectivity index (χ0v) is 9.87. The van der Waals surface area contributed by atoms with Crippen molar-refractivity contribution in [3.63, 3.8) is 0 Å². The van der Waals surface area contributed by atoms with Crippen LogP contribution in [-0.2, 0) is 0 Å². The number of nitrogens with one attached hydrogen (secondary N) is 1. The first-order chi connectivity index (χ1) is 8.35. The summed E-state index contributed by atoms with van der Waals surface area (Å²) < 4.78 is 1.84. The van der Waals surface area contributed by atoms with Gasteiger partial charge in [-0.05, 0) is 25.6 Å². The molecule has 0 aliphatic rings. The predicted octanol–water partition coefficient (Wildman–Crippen LogP) is 1.52. The number of rotatable bonds is 5. The first kappa shape index (κ1) is 11.8. The molecule has 2 N–H and O–H groups in total. The minimum absolute atomic E-state index is 0.150. The fourth-order valence-corrected chi connectivity index (χ4v) is 1.85. The number of hydrogen-bond acceptors (Lipinski definition) is 3. The summed E-state index contributed by atoms with van der Waals surface area (Å²) in [5.41, 5.74) is 2.13. The first-order valence-corrected chi connectivity index (χ1v) is 5.73. The van der Waals surface area contributed by atoms with E-state index in [1.807, 2.05) is 54.5 Å². The van der Waals surface area contributed by atoms with Gasteiger partial charge >= 0.3 is 0 Å². The second kappa shape index (κ2) is 5.61. The molecule has 1 unspecified atom stereocenters.